The van der Waals surface area contributed by atoms with E-state index in [0.717, 1.165) is 68.3 Å². The SMILES string of the molecule is CC[C@H](C)N(Cc1ncc(-c2ccc3c(c2)COc2cc4c(ccc5[nH]c(CN(C(=O)[C@H](C)NC(=O)OC)[C@@H](C)CC)nc54)cc2-3)[nH]1)C(=O)[C@H](C)NC(=O)OC. The van der Waals surface area contributed by atoms with E-state index < -0.39 is 24.3 Å². The van der Waals surface area contributed by atoms with Gasteiger partial charge in [0.15, 0.2) is 0 Å². The molecule has 1 aliphatic rings. The highest BCUT2D eigenvalue weighted by molar-refractivity contribution is 6.07. The van der Waals surface area contributed by atoms with Crippen molar-refractivity contribution >= 4 is 45.8 Å². The first-order valence-corrected chi connectivity index (χ1v) is 18.9. The fraction of sp³-hybridized carbons (Fsp3) is 0.415. The van der Waals surface area contributed by atoms with Crippen molar-refractivity contribution in [2.45, 2.75) is 98.2 Å². The van der Waals surface area contributed by atoms with Crippen LogP contribution >= 0.6 is 0 Å². The number of imidazole rings is 2. The number of carbonyl (C=O) groups is 4. The van der Waals surface area contributed by atoms with Crippen molar-refractivity contribution in [3.8, 4) is 28.1 Å². The Labute approximate surface area is 325 Å². The molecule has 4 N–H and O–H groups in total. The minimum atomic E-state index is -0.767. The van der Waals surface area contributed by atoms with Crippen LogP contribution in [0.25, 0.3) is 44.2 Å². The van der Waals surface area contributed by atoms with Crippen LogP contribution in [0.1, 0.15) is 71.6 Å². The summed E-state index contributed by atoms with van der Waals surface area (Å²) in [5.41, 5.74) is 6.43. The molecule has 0 unspecified atom stereocenters. The number of benzene rings is 3. The molecule has 15 nitrogen and oxygen atoms in total. The standard InChI is InChI=1S/C41H50N8O7/c1-9-22(3)48(38(50)24(5)43-40(52)54-7)19-35-42-18-33(46-35)27-11-13-29-28(15-27)21-56-34-17-30-26(16-31(29)34)12-14-32-37(30)47-36(45-32)20-49(23(4)10-2)39(51)25(6)44-41(53)55-8/h11-18,22-25H,9-10,19-21H2,1-8H3,(H,42,46)(H,43,52)(H,44,53)(H,45,47)/t22-,23-,24-,25-/m0/s1. The Morgan fingerprint density at radius 2 is 1.43 bits per heavy atom. The van der Waals surface area contributed by atoms with E-state index in [-0.39, 0.29) is 37.0 Å². The number of rotatable bonds is 13. The van der Waals surface area contributed by atoms with Gasteiger partial charge in [0.05, 0.1) is 50.2 Å². The van der Waals surface area contributed by atoms with Crippen molar-refractivity contribution in [2.75, 3.05) is 14.2 Å². The third kappa shape index (κ3) is 8.11. The van der Waals surface area contributed by atoms with E-state index in [2.05, 4.69) is 53.3 Å². The summed E-state index contributed by atoms with van der Waals surface area (Å²) in [7, 11) is 2.53. The van der Waals surface area contributed by atoms with E-state index in [9.17, 15) is 19.2 Å². The predicted octanol–water partition coefficient (Wildman–Crippen LogP) is 6.41. The lowest BCUT2D eigenvalue weighted by atomic mass is 9.92. The maximum absolute atomic E-state index is 13.4. The number of nitrogens with zero attached hydrogens (tertiary/aromatic N) is 4. The zero-order valence-corrected chi connectivity index (χ0v) is 33.1. The quantitative estimate of drug-likeness (QED) is 0.105. The van der Waals surface area contributed by atoms with E-state index in [1.807, 2.05) is 52.0 Å². The number of aromatic amines is 2. The number of alkyl carbamates (subject to hydrolysis) is 2. The van der Waals surface area contributed by atoms with Crippen molar-refractivity contribution in [1.29, 1.82) is 0 Å². The summed E-state index contributed by atoms with van der Waals surface area (Å²) in [4.78, 5) is 70.0. The van der Waals surface area contributed by atoms with Gasteiger partial charge in [0.2, 0.25) is 11.8 Å². The maximum atomic E-state index is 13.4. The average molecular weight is 767 g/mol. The second-order valence-corrected chi connectivity index (χ2v) is 14.3. The first-order chi connectivity index (χ1) is 26.8. The molecule has 4 amide bonds. The molecule has 0 spiro atoms. The Kier molecular flexibility index (Phi) is 11.8. The molecule has 4 atom stereocenters. The summed E-state index contributed by atoms with van der Waals surface area (Å²) in [6.45, 7) is 12.1. The van der Waals surface area contributed by atoms with Gasteiger partial charge in [-0.1, -0.05) is 32.0 Å². The molecular weight excluding hydrogens is 716 g/mol. The Bertz CT molecular complexity index is 2270. The molecule has 3 heterocycles. The fourth-order valence-electron chi connectivity index (χ4n) is 6.93. The number of H-pyrrole nitrogens is 2. The minimum absolute atomic E-state index is 0.0797. The minimum Gasteiger partial charge on any atom is -0.488 e. The van der Waals surface area contributed by atoms with Gasteiger partial charge in [0.25, 0.3) is 0 Å². The molecule has 2 aromatic heterocycles. The number of aromatic nitrogens is 4. The molecule has 0 fully saturated rings. The number of carbonyl (C=O) groups excluding carboxylic acids is 4. The van der Waals surface area contributed by atoms with Crippen molar-refractivity contribution in [3.63, 3.8) is 0 Å². The number of nitrogens with one attached hydrogen (secondary N) is 4. The molecule has 296 valence electrons. The van der Waals surface area contributed by atoms with Gasteiger partial charge in [0, 0.05) is 23.0 Å². The Morgan fingerprint density at radius 3 is 2.04 bits per heavy atom. The van der Waals surface area contributed by atoms with Crippen molar-refractivity contribution < 1.29 is 33.4 Å². The van der Waals surface area contributed by atoms with Crippen LogP contribution in [0.2, 0.25) is 0 Å². The number of hydrogen-bond donors (Lipinski definition) is 4. The van der Waals surface area contributed by atoms with Crippen molar-refractivity contribution in [2.24, 2.45) is 0 Å². The van der Waals surface area contributed by atoms with E-state index in [0.29, 0.717) is 18.3 Å². The van der Waals surface area contributed by atoms with Crippen LogP contribution < -0.4 is 15.4 Å². The number of ether oxygens (including phenoxy) is 3. The molecule has 15 heteroatoms. The number of amides is 4. The van der Waals surface area contributed by atoms with E-state index in [4.69, 9.17) is 9.72 Å². The molecule has 0 radical (unpaired) electrons. The highest BCUT2D eigenvalue weighted by atomic mass is 16.5. The van der Waals surface area contributed by atoms with Crippen LogP contribution in [0.3, 0.4) is 0 Å². The molecule has 6 rings (SSSR count). The normalized spacial score (nSPS) is 14.1. The topological polar surface area (TPSA) is 184 Å². The molecule has 0 aliphatic carbocycles. The van der Waals surface area contributed by atoms with Crippen LogP contribution in [0.5, 0.6) is 5.75 Å². The first-order valence-electron chi connectivity index (χ1n) is 18.9. The van der Waals surface area contributed by atoms with Gasteiger partial charge < -0.3 is 44.6 Å². The van der Waals surface area contributed by atoms with Gasteiger partial charge in [0.1, 0.15) is 36.1 Å². The Balaban J connectivity index is 1.23. The molecule has 0 saturated heterocycles. The number of fused-ring (bicyclic) bond motifs is 6. The third-order valence-electron chi connectivity index (χ3n) is 10.6. The number of hydrogen-bond acceptors (Lipinski definition) is 9. The summed E-state index contributed by atoms with van der Waals surface area (Å²) in [6, 6.07) is 12.7. The highest BCUT2D eigenvalue weighted by Crippen LogP contribution is 2.42. The summed E-state index contributed by atoms with van der Waals surface area (Å²) in [5.74, 6) is 1.56. The molecule has 0 saturated carbocycles. The van der Waals surface area contributed by atoms with Gasteiger partial charge in [-0.05, 0) is 86.9 Å². The molecule has 0 bridgehead atoms. The average Bonchev–Trinajstić information content (AvgIpc) is 3.87. The van der Waals surface area contributed by atoms with E-state index in [1.165, 1.54) is 14.2 Å². The predicted molar refractivity (Wildman–Crippen MR) is 212 cm³/mol. The largest absolute Gasteiger partial charge is 0.488 e. The van der Waals surface area contributed by atoms with Crippen molar-refractivity contribution in [1.82, 2.24) is 40.4 Å². The van der Waals surface area contributed by atoms with E-state index in [1.54, 1.807) is 29.8 Å². The van der Waals surface area contributed by atoms with Crippen LogP contribution in [-0.2, 0) is 38.8 Å². The Morgan fingerprint density at radius 1 is 0.804 bits per heavy atom. The monoisotopic (exact) mass is 766 g/mol. The van der Waals surface area contributed by atoms with Crippen LogP contribution in [0.4, 0.5) is 9.59 Å². The van der Waals surface area contributed by atoms with E-state index >= 15 is 0 Å². The first kappa shape index (κ1) is 39.6. The summed E-state index contributed by atoms with van der Waals surface area (Å²) >= 11 is 0. The molecule has 5 aromatic rings. The lowest BCUT2D eigenvalue weighted by Gasteiger charge is -2.30. The highest BCUT2D eigenvalue weighted by Gasteiger charge is 2.29. The van der Waals surface area contributed by atoms with Gasteiger partial charge in [-0.2, -0.15) is 0 Å². The zero-order valence-electron chi connectivity index (χ0n) is 33.1. The molecule has 56 heavy (non-hydrogen) atoms. The lowest BCUT2D eigenvalue weighted by molar-refractivity contribution is -0.136. The van der Waals surface area contributed by atoms with Crippen LogP contribution in [0, 0.1) is 0 Å². The molecule has 1 aliphatic heterocycles. The number of methoxy groups -OCH3 is 2. The second-order valence-electron chi connectivity index (χ2n) is 14.3. The smallest absolute Gasteiger partial charge is 0.407 e. The maximum Gasteiger partial charge on any atom is 0.407 e. The van der Waals surface area contributed by atoms with Crippen molar-refractivity contribution in [3.05, 3.63) is 65.9 Å². The molecular formula is C41H50N8O7. The molecule has 3 aromatic carbocycles. The summed E-state index contributed by atoms with van der Waals surface area (Å²) in [5, 5.41) is 7.05. The van der Waals surface area contributed by atoms with Gasteiger partial charge in [-0.25, -0.2) is 19.6 Å². The second kappa shape index (κ2) is 16.7. The van der Waals surface area contributed by atoms with Gasteiger partial charge >= 0.3 is 12.2 Å². The summed E-state index contributed by atoms with van der Waals surface area (Å²) < 4.78 is 15.7. The summed E-state index contributed by atoms with van der Waals surface area (Å²) in [6.07, 6.45) is 1.90. The lowest BCUT2D eigenvalue weighted by Crippen LogP contribution is -2.49. The van der Waals surface area contributed by atoms with Gasteiger partial charge in [-0.15, -0.1) is 0 Å². The van der Waals surface area contributed by atoms with Gasteiger partial charge in [-0.3, -0.25) is 9.59 Å². The van der Waals surface area contributed by atoms with Crippen LogP contribution in [-0.4, -0.2) is 92.1 Å². The zero-order chi connectivity index (χ0) is 40.3. The van der Waals surface area contributed by atoms with Crippen LogP contribution in [0.15, 0.2) is 48.7 Å². The Hall–Kier alpha value is -6.12. The third-order valence-corrected chi connectivity index (χ3v) is 10.6. The fourth-order valence-corrected chi connectivity index (χ4v) is 6.93.